The second-order valence-corrected chi connectivity index (χ2v) is 4.29. The Bertz CT molecular complexity index is 194. The number of hydrogen-bond donors (Lipinski definition) is 1. The predicted octanol–water partition coefficient (Wildman–Crippen LogP) is 2.01. The lowest BCUT2D eigenvalue weighted by atomic mass is 9.98. The summed E-state index contributed by atoms with van der Waals surface area (Å²) in [6.07, 6.45) is 1.93. The van der Waals surface area contributed by atoms with E-state index in [9.17, 15) is 4.79 Å². The van der Waals surface area contributed by atoms with Gasteiger partial charge < -0.3 is 10.6 Å². The van der Waals surface area contributed by atoms with Gasteiger partial charge >= 0.3 is 0 Å². The zero-order valence-corrected chi connectivity index (χ0v) is 10.8. The van der Waals surface area contributed by atoms with Crippen molar-refractivity contribution in [1.82, 2.24) is 4.90 Å². The van der Waals surface area contributed by atoms with E-state index in [1.54, 1.807) is 0 Å². The summed E-state index contributed by atoms with van der Waals surface area (Å²) < 4.78 is 0. The Balaban J connectivity index is 4.50. The minimum Gasteiger partial charge on any atom is -0.339 e. The third-order valence-electron chi connectivity index (χ3n) is 3.29. The second-order valence-electron chi connectivity index (χ2n) is 4.29. The number of carbonyl (C=O) groups is 1. The molecule has 1 amide bonds. The highest BCUT2D eigenvalue weighted by Gasteiger charge is 2.26. The van der Waals surface area contributed by atoms with Gasteiger partial charge in [0.25, 0.3) is 0 Å². The van der Waals surface area contributed by atoms with Crippen molar-refractivity contribution in [3.05, 3.63) is 0 Å². The lowest BCUT2D eigenvalue weighted by molar-refractivity contribution is -0.135. The lowest BCUT2D eigenvalue weighted by Crippen LogP contribution is -2.50. The van der Waals surface area contributed by atoms with Gasteiger partial charge in [0, 0.05) is 12.6 Å². The van der Waals surface area contributed by atoms with Gasteiger partial charge in [-0.1, -0.05) is 27.2 Å². The number of likely N-dealkylation sites (N-methyl/N-ethyl adjacent to an activating group) is 1. The van der Waals surface area contributed by atoms with E-state index >= 15 is 0 Å². The van der Waals surface area contributed by atoms with E-state index < -0.39 is 0 Å². The van der Waals surface area contributed by atoms with Crippen LogP contribution in [0.5, 0.6) is 0 Å². The molecular formula is C12H26N2O. The van der Waals surface area contributed by atoms with Crippen LogP contribution in [0.25, 0.3) is 0 Å². The molecule has 0 radical (unpaired) electrons. The molecule has 2 N–H and O–H groups in total. The fourth-order valence-corrected chi connectivity index (χ4v) is 1.59. The molecule has 3 heteroatoms. The van der Waals surface area contributed by atoms with Gasteiger partial charge in [-0.15, -0.1) is 0 Å². The molecule has 3 atom stereocenters. The number of nitrogens with two attached hydrogens (primary N) is 1. The molecule has 0 aliphatic carbocycles. The molecule has 0 fully saturated rings. The summed E-state index contributed by atoms with van der Waals surface area (Å²) in [4.78, 5) is 14.0. The van der Waals surface area contributed by atoms with Crippen molar-refractivity contribution in [1.29, 1.82) is 0 Å². The summed E-state index contributed by atoms with van der Waals surface area (Å²) >= 11 is 0. The first-order valence-electron chi connectivity index (χ1n) is 6.05. The number of carbonyl (C=O) groups excluding carboxylic acids is 1. The summed E-state index contributed by atoms with van der Waals surface area (Å²) in [7, 11) is 0. The fourth-order valence-electron chi connectivity index (χ4n) is 1.59. The molecule has 0 rings (SSSR count). The first kappa shape index (κ1) is 14.4. The molecule has 0 saturated heterocycles. The summed E-state index contributed by atoms with van der Waals surface area (Å²) in [5.74, 6) is 0.358. The molecule has 0 spiro atoms. The molecule has 1 unspecified atom stereocenters. The third kappa shape index (κ3) is 3.82. The van der Waals surface area contributed by atoms with E-state index in [0.29, 0.717) is 0 Å². The van der Waals surface area contributed by atoms with Gasteiger partial charge in [-0.3, -0.25) is 4.79 Å². The standard InChI is InChI=1S/C12H26N2O/c1-6-9(4)11(13)12(15)14(8-3)10(5)7-2/h9-11H,6-8,13H2,1-5H3/t9-,10?,11-/m0/s1. The zero-order chi connectivity index (χ0) is 12.0. The molecule has 15 heavy (non-hydrogen) atoms. The summed E-state index contributed by atoms with van der Waals surface area (Å²) in [5, 5.41) is 0. The molecule has 0 aliphatic heterocycles. The van der Waals surface area contributed by atoms with Crippen LogP contribution in [0.15, 0.2) is 0 Å². The molecule has 0 aromatic rings. The summed E-state index contributed by atoms with van der Waals surface area (Å²) in [5.41, 5.74) is 5.95. The van der Waals surface area contributed by atoms with Crippen molar-refractivity contribution in [2.75, 3.05) is 6.54 Å². The van der Waals surface area contributed by atoms with Crippen LogP contribution in [-0.4, -0.2) is 29.4 Å². The van der Waals surface area contributed by atoms with Crippen molar-refractivity contribution in [2.45, 2.75) is 59.5 Å². The summed E-state index contributed by atoms with van der Waals surface area (Å²) in [6.45, 7) is 11.0. The maximum absolute atomic E-state index is 12.1. The molecule has 0 aromatic heterocycles. The zero-order valence-electron chi connectivity index (χ0n) is 10.8. The highest BCUT2D eigenvalue weighted by Crippen LogP contribution is 2.11. The van der Waals surface area contributed by atoms with Crippen LogP contribution in [0.2, 0.25) is 0 Å². The van der Waals surface area contributed by atoms with Gasteiger partial charge in [0.2, 0.25) is 5.91 Å². The van der Waals surface area contributed by atoms with Crippen LogP contribution in [0.1, 0.15) is 47.5 Å². The Hall–Kier alpha value is -0.570. The van der Waals surface area contributed by atoms with E-state index in [-0.39, 0.29) is 23.9 Å². The Morgan fingerprint density at radius 1 is 1.20 bits per heavy atom. The highest BCUT2D eigenvalue weighted by molar-refractivity contribution is 5.82. The fraction of sp³-hybridized carbons (Fsp3) is 0.917. The predicted molar refractivity (Wildman–Crippen MR) is 64.6 cm³/mol. The monoisotopic (exact) mass is 214 g/mol. The van der Waals surface area contributed by atoms with Crippen molar-refractivity contribution in [3.8, 4) is 0 Å². The van der Waals surface area contributed by atoms with Gasteiger partial charge in [0.1, 0.15) is 0 Å². The van der Waals surface area contributed by atoms with E-state index in [2.05, 4.69) is 20.8 Å². The average molecular weight is 214 g/mol. The van der Waals surface area contributed by atoms with Gasteiger partial charge in [-0.25, -0.2) is 0 Å². The molecule has 0 aromatic carbocycles. The van der Waals surface area contributed by atoms with Crippen LogP contribution in [0.4, 0.5) is 0 Å². The Morgan fingerprint density at radius 3 is 2.07 bits per heavy atom. The van der Waals surface area contributed by atoms with Gasteiger partial charge in [0.05, 0.1) is 6.04 Å². The topological polar surface area (TPSA) is 46.3 Å². The maximum atomic E-state index is 12.1. The SMILES string of the molecule is CCC(C)N(CC)C(=O)[C@@H](N)[C@@H](C)CC. The molecule has 0 saturated carbocycles. The largest absolute Gasteiger partial charge is 0.339 e. The summed E-state index contributed by atoms with van der Waals surface area (Å²) in [6, 6.07) is -0.0541. The smallest absolute Gasteiger partial charge is 0.239 e. The van der Waals surface area contributed by atoms with Gasteiger partial charge in [-0.05, 0) is 26.2 Å². The van der Waals surface area contributed by atoms with Crippen molar-refractivity contribution >= 4 is 5.91 Å². The number of amides is 1. The molecule has 90 valence electrons. The minimum atomic E-state index is -0.344. The lowest BCUT2D eigenvalue weighted by Gasteiger charge is -2.31. The molecule has 0 aliphatic rings. The van der Waals surface area contributed by atoms with Gasteiger partial charge in [-0.2, -0.15) is 0 Å². The van der Waals surface area contributed by atoms with E-state index in [4.69, 9.17) is 5.73 Å². The highest BCUT2D eigenvalue weighted by atomic mass is 16.2. The third-order valence-corrected chi connectivity index (χ3v) is 3.29. The van der Waals surface area contributed by atoms with Crippen LogP contribution < -0.4 is 5.73 Å². The number of rotatable bonds is 6. The van der Waals surface area contributed by atoms with Crippen LogP contribution in [0, 0.1) is 5.92 Å². The Morgan fingerprint density at radius 2 is 1.73 bits per heavy atom. The van der Waals surface area contributed by atoms with Crippen molar-refractivity contribution in [3.63, 3.8) is 0 Å². The van der Waals surface area contributed by atoms with Crippen LogP contribution in [0.3, 0.4) is 0 Å². The Kier molecular flexibility index (Phi) is 6.57. The first-order valence-corrected chi connectivity index (χ1v) is 6.05. The van der Waals surface area contributed by atoms with Crippen molar-refractivity contribution < 1.29 is 4.79 Å². The second kappa shape index (κ2) is 6.83. The minimum absolute atomic E-state index is 0.0983. The number of nitrogens with zero attached hydrogens (tertiary/aromatic N) is 1. The molecule has 0 heterocycles. The molecule has 0 bridgehead atoms. The first-order chi connectivity index (χ1) is 6.99. The normalized spacial score (nSPS) is 16.9. The number of hydrogen-bond acceptors (Lipinski definition) is 2. The average Bonchev–Trinajstić information content (AvgIpc) is 2.27. The van der Waals surface area contributed by atoms with E-state index in [1.807, 2.05) is 18.7 Å². The van der Waals surface area contributed by atoms with Crippen molar-refractivity contribution in [2.24, 2.45) is 11.7 Å². The maximum Gasteiger partial charge on any atom is 0.239 e. The molecular weight excluding hydrogens is 188 g/mol. The quantitative estimate of drug-likeness (QED) is 0.735. The van der Waals surface area contributed by atoms with Crippen LogP contribution in [-0.2, 0) is 4.79 Å². The van der Waals surface area contributed by atoms with Crippen LogP contribution >= 0.6 is 0 Å². The van der Waals surface area contributed by atoms with E-state index in [1.165, 1.54) is 0 Å². The molecule has 3 nitrogen and oxygen atoms in total. The Labute approximate surface area is 94.0 Å². The van der Waals surface area contributed by atoms with E-state index in [0.717, 1.165) is 19.4 Å². The van der Waals surface area contributed by atoms with Gasteiger partial charge in [0.15, 0.2) is 0 Å².